The third-order valence-electron chi connectivity index (χ3n) is 6.05. The minimum absolute atomic E-state index is 0.0157. The van der Waals surface area contributed by atoms with Crippen molar-refractivity contribution in [3.8, 4) is 11.6 Å². The van der Waals surface area contributed by atoms with Crippen LogP contribution in [-0.4, -0.2) is 31.7 Å². The van der Waals surface area contributed by atoms with Crippen LogP contribution < -0.4 is 15.6 Å². The molecule has 0 amide bonds. The summed E-state index contributed by atoms with van der Waals surface area (Å²) >= 11 is 6.02. The van der Waals surface area contributed by atoms with E-state index in [2.05, 4.69) is 15.5 Å². The molecule has 2 heterocycles. The lowest BCUT2D eigenvalue weighted by atomic mass is 9.78. The lowest BCUT2D eigenvalue weighted by Gasteiger charge is -2.29. The van der Waals surface area contributed by atoms with Crippen LogP contribution in [0.2, 0.25) is 5.02 Å². The zero-order valence-electron chi connectivity index (χ0n) is 19.1. The number of Topliss-reactive ketones (excluding diaryl/α,β-unsaturated/α-hetero) is 1. The van der Waals surface area contributed by atoms with Gasteiger partial charge in [0.15, 0.2) is 0 Å². The summed E-state index contributed by atoms with van der Waals surface area (Å²) in [6.07, 6.45) is 3.31. The normalized spacial score (nSPS) is 16.8. The Bertz CT molecular complexity index is 1400. The van der Waals surface area contributed by atoms with Crippen molar-refractivity contribution in [1.29, 1.82) is 0 Å². The molecule has 0 saturated heterocycles. The Hall–Kier alpha value is -3.95. The van der Waals surface area contributed by atoms with E-state index in [0.29, 0.717) is 46.7 Å². The van der Waals surface area contributed by atoms with Crippen molar-refractivity contribution >= 4 is 29.0 Å². The lowest BCUT2D eigenvalue weighted by Crippen LogP contribution is -2.36. The van der Waals surface area contributed by atoms with Crippen LogP contribution in [0.5, 0.6) is 11.6 Å². The number of nitrogens with one attached hydrogen (secondary N) is 1. The molecule has 2 N–H and O–H groups in total. The van der Waals surface area contributed by atoms with E-state index in [4.69, 9.17) is 20.9 Å². The first-order chi connectivity index (χ1) is 17.4. The Labute approximate surface area is 211 Å². The number of halogens is 1. The smallest absolute Gasteiger partial charge is 0.259 e. The summed E-state index contributed by atoms with van der Waals surface area (Å²) in [6, 6.07) is 15.9. The standard InChI is InChI=1S/C26H23ClN4O5/c27-19-3-1-16(2-4-19)15-31-25(34)18(13-23(33)17-11-21(32)12-17)14-28-26(31)29-20-5-7-22(8-6-20)36-24-9-10-35-30-24/h1-10,14,17,21,32H,11-13,15H2,(H,28,29). The Morgan fingerprint density at radius 3 is 2.56 bits per heavy atom. The third-order valence-corrected chi connectivity index (χ3v) is 6.30. The Kier molecular flexibility index (Phi) is 6.84. The molecule has 1 saturated carbocycles. The molecule has 0 atom stereocenters. The predicted molar refractivity (Wildman–Crippen MR) is 133 cm³/mol. The second-order valence-electron chi connectivity index (χ2n) is 8.68. The second-order valence-corrected chi connectivity index (χ2v) is 9.12. The highest BCUT2D eigenvalue weighted by molar-refractivity contribution is 6.30. The van der Waals surface area contributed by atoms with Gasteiger partial charge < -0.3 is 19.7 Å². The van der Waals surface area contributed by atoms with Gasteiger partial charge in [-0.15, -0.1) is 0 Å². The van der Waals surface area contributed by atoms with Gasteiger partial charge in [0.1, 0.15) is 17.8 Å². The van der Waals surface area contributed by atoms with Gasteiger partial charge in [-0.05, 0) is 60.0 Å². The molecule has 2 aromatic carbocycles. The molecule has 5 rings (SSSR count). The molecule has 36 heavy (non-hydrogen) atoms. The molecule has 0 spiro atoms. The average Bonchev–Trinajstić information content (AvgIpc) is 3.36. The first-order valence-electron chi connectivity index (χ1n) is 11.4. The van der Waals surface area contributed by atoms with Gasteiger partial charge in [0.2, 0.25) is 5.95 Å². The molecule has 1 aliphatic carbocycles. The molecular weight excluding hydrogens is 484 g/mol. The van der Waals surface area contributed by atoms with E-state index in [-0.39, 0.29) is 30.2 Å². The molecule has 1 aliphatic rings. The van der Waals surface area contributed by atoms with Crippen LogP contribution >= 0.6 is 11.6 Å². The number of hydrogen-bond acceptors (Lipinski definition) is 8. The van der Waals surface area contributed by atoms with Crippen molar-refractivity contribution in [1.82, 2.24) is 14.7 Å². The lowest BCUT2D eigenvalue weighted by molar-refractivity contribution is -0.128. The zero-order valence-corrected chi connectivity index (χ0v) is 19.9. The van der Waals surface area contributed by atoms with E-state index in [0.717, 1.165) is 5.56 Å². The van der Waals surface area contributed by atoms with E-state index in [1.807, 2.05) is 12.1 Å². The largest absolute Gasteiger partial charge is 0.436 e. The monoisotopic (exact) mass is 506 g/mol. The van der Waals surface area contributed by atoms with Crippen molar-refractivity contribution in [3.05, 3.63) is 93.6 Å². The Balaban J connectivity index is 1.40. The van der Waals surface area contributed by atoms with E-state index < -0.39 is 6.10 Å². The molecule has 0 aliphatic heterocycles. The van der Waals surface area contributed by atoms with Gasteiger partial charge in [-0.25, -0.2) is 4.98 Å². The fourth-order valence-corrected chi connectivity index (χ4v) is 4.09. The molecule has 4 aromatic rings. The van der Waals surface area contributed by atoms with E-state index >= 15 is 0 Å². The number of aromatic nitrogens is 3. The first kappa shape index (κ1) is 23.8. The van der Waals surface area contributed by atoms with E-state index in [9.17, 15) is 14.7 Å². The highest BCUT2D eigenvalue weighted by Crippen LogP contribution is 2.29. The average molecular weight is 507 g/mol. The highest BCUT2D eigenvalue weighted by atomic mass is 35.5. The predicted octanol–water partition coefficient (Wildman–Crippen LogP) is 4.35. The molecule has 1 fully saturated rings. The zero-order chi connectivity index (χ0) is 25.1. The summed E-state index contributed by atoms with van der Waals surface area (Å²) in [5.74, 6) is 0.975. The topological polar surface area (TPSA) is 119 Å². The van der Waals surface area contributed by atoms with E-state index in [1.165, 1.54) is 17.0 Å². The minimum Gasteiger partial charge on any atom is -0.436 e. The third kappa shape index (κ3) is 5.48. The number of aliphatic hydroxyl groups excluding tert-OH is 1. The van der Waals surface area contributed by atoms with Gasteiger partial charge >= 0.3 is 0 Å². The number of carbonyl (C=O) groups is 1. The maximum absolute atomic E-state index is 13.4. The molecule has 9 nitrogen and oxygen atoms in total. The van der Waals surface area contributed by atoms with Gasteiger partial charge in [-0.2, -0.15) is 0 Å². The van der Waals surface area contributed by atoms with Crippen molar-refractivity contribution in [2.75, 3.05) is 5.32 Å². The summed E-state index contributed by atoms with van der Waals surface area (Å²) in [5.41, 5.74) is 1.55. The Morgan fingerprint density at radius 1 is 1.14 bits per heavy atom. The van der Waals surface area contributed by atoms with Gasteiger partial charge in [0.05, 0.1) is 12.6 Å². The summed E-state index contributed by atoms with van der Waals surface area (Å²) < 4.78 is 11.8. The van der Waals surface area contributed by atoms with Crippen molar-refractivity contribution in [3.63, 3.8) is 0 Å². The van der Waals surface area contributed by atoms with Crippen LogP contribution in [-0.2, 0) is 17.8 Å². The van der Waals surface area contributed by atoms with Crippen LogP contribution in [0.1, 0.15) is 24.0 Å². The van der Waals surface area contributed by atoms with Gasteiger partial charge in [-0.1, -0.05) is 23.7 Å². The molecule has 0 bridgehead atoms. The number of benzene rings is 2. The summed E-state index contributed by atoms with van der Waals surface area (Å²) in [6.45, 7) is 0.239. The van der Waals surface area contributed by atoms with Crippen molar-refractivity contribution in [2.24, 2.45) is 5.92 Å². The van der Waals surface area contributed by atoms with Crippen LogP contribution in [0.25, 0.3) is 0 Å². The number of aliphatic hydroxyl groups is 1. The fourth-order valence-electron chi connectivity index (χ4n) is 3.97. The number of hydrogen-bond donors (Lipinski definition) is 2. The molecule has 0 radical (unpaired) electrons. The number of rotatable bonds is 9. The SMILES string of the molecule is O=C(Cc1cnc(Nc2ccc(Oc3ccon3)cc2)n(Cc2ccc(Cl)cc2)c1=O)C1CC(O)C1. The molecule has 184 valence electrons. The molecule has 2 aromatic heterocycles. The van der Waals surface area contributed by atoms with Crippen LogP contribution in [0.4, 0.5) is 11.6 Å². The van der Waals surface area contributed by atoms with E-state index in [1.54, 1.807) is 42.5 Å². The van der Waals surface area contributed by atoms with Crippen LogP contribution in [0, 0.1) is 5.92 Å². The summed E-state index contributed by atoms with van der Waals surface area (Å²) in [4.78, 5) is 30.5. The maximum Gasteiger partial charge on any atom is 0.259 e. The number of nitrogens with zero attached hydrogens (tertiary/aromatic N) is 3. The first-order valence-corrected chi connectivity index (χ1v) is 11.8. The number of ether oxygens (including phenoxy) is 1. The molecular formula is C26H23ClN4O5. The summed E-state index contributed by atoms with van der Waals surface area (Å²) in [5, 5.41) is 17.0. The van der Waals surface area contributed by atoms with Crippen LogP contribution in [0.15, 0.2) is 76.4 Å². The van der Waals surface area contributed by atoms with Crippen LogP contribution in [0.3, 0.4) is 0 Å². The van der Waals surface area contributed by atoms with Crippen molar-refractivity contribution in [2.45, 2.75) is 31.9 Å². The van der Waals surface area contributed by atoms with Gasteiger partial charge in [0, 0.05) is 40.9 Å². The maximum atomic E-state index is 13.4. The Morgan fingerprint density at radius 2 is 1.89 bits per heavy atom. The minimum atomic E-state index is -0.432. The van der Waals surface area contributed by atoms with Gasteiger partial charge in [-0.3, -0.25) is 14.2 Å². The number of anilines is 2. The molecule has 10 heteroatoms. The number of ketones is 1. The second kappa shape index (κ2) is 10.3. The van der Waals surface area contributed by atoms with Crippen molar-refractivity contribution < 1.29 is 19.2 Å². The molecule has 0 unspecified atom stereocenters. The highest BCUT2D eigenvalue weighted by Gasteiger charge is 2.33. The number of carbonyl (C=O) groups excluding carboxylic acids is 1. The van der Waals surface area contributed by atoms with Gasteiger partial charge in [0.25, 0.3) is 11.4 Å². The fraction of sp³-hybridized carbons (Fsp3) is 0.231. The summed E-state index contributed by atoms with van der Waals surface area (Å²) in [7, 11) is 0. The quantitative estimate of drug-likeness (QED) is 0.344.